The van der Waals surface area contributed by atoms with Gasteiger partial charge in [0.05, 0.1) is 4.05 Å². The highest BCUT2D eigenvalue weighted by atomic mass is 127. The van der Waals surface area contributed by atoms with Crippen molar-refractivity contribution in [1.29, 1.82) is 0 Å². The molecule has 0 amide bonds. The van der Waals surface area contributed by atoms with Crippen LogP contribution in [-0.4, -0.2) is 33.0 Å². The second-order valence-electron chi connectivity index (χ2n) is 5.64. The van der Waals surface area contributed by atoms with Crippen LogP contribution in [0.3, 0.4) is 0 Å². The zero-order valence-electron chi connectivity index (χ0n) is 12.1. The van der Waals surface area contributed by atoms with Crippen LogP contribution < -0.4 is 5.73 Å². The van der Waals surface area contributed by atoms with Gasteiger partial charge in [0.15, 0.2) is 0 Å². The molecule has 106 valence electrons. The maximum atomic E-state index is 5.85. The van der Waals surface area contributed by atoms with Gasteiger partial charge in [0.2, 0.25) is 0 Å². The minimum atomic E-state index is 0.582. The number of benzene rings is 1. The summed E-state index contributed by atoms with van der Waals surface area (Å²) in [7, 11) is 0. The highest BCUT2D eigenvalue weighted by Crippen LogP contribution is 2.24. The van der Waals surface area contributed by atoms with E-state index in [1.54, 1.807) is 0 Å². The summed E-state index contributed by atoms with van der Waals surface area (Å²) in [6.45, 7) is 11.2. The van der Waals surface area contributed by atoms with Crippen molar-refractivity contribution >= 4 is 28.3 Å². The Morgan fingerprint density at radius 3 is 2.58 bits per heavy atom. The van der Waals surface area contributed by atoms with Crippen molar-refractivity contribution in [3.8, 4) is 0 Å². The normalized spacial score (nSPS) is 17.2. The molecule has 0 saturated carbocycles. The van der Waals surface area contributed by atoms with Gasteiger partial charge in [0, 0.05) is 37.9 Å². The molecule has 1 aliphatic heterocycles. The predicted molar refractivity (Wildman–Crippen MR) is 90.3 cm³/mol. The van der Waals surface area contributed by atoms with E-state index in [9.17, 15) is 0 Å². The van der Waals surface area contributed by atoms with Crippen LogP contribution in [0.1, 0.15) is 31.9 Å². The average molecular weight is 373 g/mol. The Kier molecular flexibility index (Phi) is 5.09. The summed E-state index contributed by atoms with van der Waals surface area (Å²) in [6.07, 6.45) is 0. The molecule has 0 radical (unpaired) electrons. The van der Waals surface area contributed by atoms with E-state index in [2.05, 4.69) is 65.3 Å². The smallest absolute Gasteiger partial charge is 0.0592 e. The van der Waals surface area contributed by atoms with Crippen LogP contribution in [-0.2, 0) is 13.1 Å². The molecule has 1 aliphatic rings. The number of hydrogen-bond acceptors (Lipinski definition) is 3. The Balaban J connectivity index is 1.90. The van der Waals surface area contributed by atoms with E-state index in [0.29, 0.717) is 10.1 Å². The van der Waals surface area contributed by atoms with Crippen molar-refractivity contribution < 1.29 is 0 Å². The molecule has 0 spiro atoms. The quantitative estimate of drug-likeness (QED) is 0.373. The van der Waals surface area contributed by atoms with E-state index >= 15 is 0 Å². The molecule has 1 aromatic rings. The lowest BCUT2D eigenvalue weighted by Crippen LogP contribution is -2.40. The summed E-state index contributed by atoms with van der Waals surface area (Å²) < 4.78 is 0.582. The van der Waals surface area contributed by atoms with Crippen molar-refractivity contribution in [2.45, 2.75) is 44.0 Å². The second-order valence-corrected chi connectivity index (χ2v) is 7.45. The third-order valence-electron chi connectivity index (χ3n) is 3.81. The van der Waals surface area contributed by atoms with E-state index in [-0.39, 0.29) is 0 Å². The van der Waals surface area contributed by atoms with Gasteiger partial charge in [-0.2, -0.15) is 0 Å². The van der Waals surface area contributed by atoms with Gasteiger partial charge in [-0.05, 0) is 44.0 Å². The van der Waals surface area contributed by atoms with Gasteiger partial charge < -0.3 is 5.73 Å². The Morgan fingerprint density at radius 2 is 1.95 bits per heavy atom. The van der Waals surface area contributed by atoms with E-state index in [4.69, 9.17) is 5.73 Å². The first-order chi connectivity index (χ1) is 8.97. The number of fused-ring (bicyclic) bond motifs is 1. The highest BCUT2D eigenvalue weighted by Gasteiger charge is 2.21. The van der Waals surface area contributed by atoms with Crippen LogP contribution in [0.25, 0.3) is 0 Å². The molecule has 2 rings (SSSR count). The van der Waals surface area contributed by atoms with Gasteiger partial charge in [-0.15, -0.1) is 0 Å². The number of alkyl halides is 1. The van der Waals surface area contributed by atoms with Crippen LogP contribution in [0.4, 0.5) is 5.69 Å². The van der Waals surface area contributed by atoms with Crippen molar-refractivity contribution in [2.75, 3.05) is 18.8 Å². The predicted octanol–water partition coefficient (Wildman–Crippen LogP) is 3.08. The zero-order valence-corrected chi connectivity index (χ0v) is 14.2. The van der Waals surface area contributed by atoms with Gasteiger partial charge in [-0.25, -0.2) is 0 Å². The number of nitrogen functional groups attached to an aromatic ring is 1. The van der Waals surface area contributed by atoms with Crippen LogP contribution >= 0.6 is 22.6 Å². The number of rotatable bonds is 5. The maximum Gasteiger partial charge on any atom is 0.0592 e. The van der Waals surface area contributed by atoms with Gasteiger partial charge >= 0.3 is 0 Å². The summed E-state index contributed by atoms with van der Waals surface area (Å²) in [5.74, 6) is 0. The number of nitrogens with two attached hydrogens (primary N) is 1. The van der Waals surface area contributed by atoms with Gasteiger partial charge in [-0.1, -0.05) is 28.7 Å². The Morgan fingerprint density at radius 1 is 1.26 bits per heavy atom. The Labute approximate surface area is 130 Å². The largest absolute Gasteiger partial charge is 0.399 e. The number of anilines is 1. The number of nitrogens with zero attached hydrogens (tertiary/aromatic N) is 2. The first-order valence-electron chi connectivity index (χ1n) is 6.97. The third kappa shape index (κ3) is 3.83. The summed E-state index contributed by atoms with van der Waals surface area (Å²) in [4.78, 5) is 5.05. The van der Waals surface area contributed by atoms with Crippen molar-refractivity contribution in [2.24, 2.45) is 0 Å². The minimum Gasteiger partial charge on any atom is -0.399 e. The van der Waals surface area contributed by atoms with E-state index in [1.165, 1.54) is 11.1 Å². The minimum absolute atomic E-state index is 0.582. The monoisotopic (exact) mass is 373 g/mol. The molecule has 3 nitrogen and oxygen atoms in total. The molecule has 1 aromatic carbocycles. The lowest BCUT2D eigenvalue weighted by molar-refractivity contribution is 0.176. The number of halogens is 1. The topological polar surface area (TPSA) is 32.5 Å². The Bertz CT molecular complexity index is 423. The second kappa shape index (κ2) is 6.41. The van der Waals surface area contributed by atoms with Crippen LogP contribution in [0, 0.1) is 0 Å². The summed E-state index contributed by atoms with van der Waals surface area (Å²) in [5, 5.41) is 0. The highest BCUT2D eigenvalue weighted by molar-refractivity contribution is 14.1. The molecular weight excluding hydrogens is 349 g/mol. The molecule has 0 bridgehead atoms. The molecular formula is C15H24IN3. The summed E-state index contributed by atoms with van der Waals surface area (Å²) >= 11 is 2.50. The van der Waals surface area contributed by atoms with Crippen LogP contribution in [0.5, 0.6) is 0 Å². The van der Waals surface area contributed by atoms with Crippen LogP contribution in [0.15, 0.2) is 18.2 Å². The SMILES string of the molecule is CC(C)N(CCN1Cc2ccc(N)cc2C1)C(C)I. The van der Waals surface area contributed by atoms with E-state index < -0.39 is 0 Å². The summed E-state index contributed by atoms with van der Waals surface area (Å²) in [5.41, 5.74) is 9.57. The van der Waals surface area contributed by atoms with Gasteiger partial charge in [0.25, 0.3) is 0 Å². The maximum absolute atomic E-state index is 5.85. The molecule has 2 N–H and O–H groups in total. The molecule has 1 unspecified atom stereocenters. The molecule has 1 heterocycles. The van der Waals surface area contributed by atoms with Crippen molar-refractivity contribution in [3.63, 3.8) is 0 Å². The third-order valence-corrected chi connectivity index (χ3v) is 4.53. The van der Waals surface area contributed by atoms with E-state index in [0.717, 1.165) is 31.9 Å². The lowest BCUT2D eigenvalue weighted by Gasteiger charge is -2.31. The van der Waals surface area contributed by atoms with Crippen molar-refractivity contribution in [3.05, 3.63) is 29.3 Å². The fourth-order valence-electron chi connectivity index (χ4n) is 2.75. The zero-order chi connectivity index (χ0) is 14.0. The van der Waals surface area contributed by atoms with Gasteiger partial charge in [-0.3, -0.25) is 9.80 Å². The molecule has 19 heavy (non-hydrogen) atoms. The van der Waals surface area contributed by atoms with Crippen LogP contribution in [0.2, 0.25) is 0 Å². The fourth-order valence-corrected chi connectivity index (χ4v) is 3.67. The first-order valence-corrected chi connectivity index (χ1v) is 8.21. The molecule has 4 heteroatoms. The average Bonchev–Trinajstić information content (AvgIpc) is 2.70. The lowest BCUT2D eigenvalue weighted by atomic mass is 10.1. The molecule has 0 aromatic heterocycles. The molecule has 0 aliphatic carbocycles. The summed E-state index contributed by atoms with van der Waals surface area (Å²) in [6, 6.07) is 6.91. The molecule has 0 fully saturated rings. The molecule has 1 atom stereocenters. The van der Waals surface area contributed by atoms with E-state index in [1.807, 2.05) is 6.07 Å². The standard InChI is InChI=1S/C15H24IN3/c1-11(2)19(12(3)16)7-6-18-9-13-4-5-15(17)8-14(13)10-18/h4-5,8,11-12H,6-7,9-10,17H2,1-3H3. The Hall–Kier alpha value is -0.330. The molecule has 0 saturated heterocycles. The first kappa shape index (κ1) is 15.1. The fraction of sp³-hybridized carbons (Fsp3) is 0.600. The van der Waals surface area contributed by atoms with Gasteiger partial charge in [0.1, 0.15) is 0 Å². The van der Waals surface area contributed by atoms with Crippen molar-refractivity contribution in [1.82, 2.24) is 9.80 Å². The number of hydrogen-bond donors (Lipinski definition) is 1.